The molecule has 3 N–H and O–H groups in total. The minimum atomic E-state index is -0.855. The highest BCUT2D eigenvalue weighted by Gasteiger charge is 2.42. The molecular weight excluding hydrogens is 418 g/mol. The second kappa shape index (κ2) is 12.2. The van der Waals surface area contributed by atoms with Gasteiger partial charge in [0.2, 0.25) is 5.91 Å². The van der Waals surface area contributed by atoms with Crippen molar-refractivity contribution in [2.24, 2.45) is 29.1 Å². The van der Waals surface area contributed by atoms with Crippen LogP contribution in [0.3, 0.4) is 0 Å². The predicted octanol–water partition coefficient (Wildman–Crippen LogP) is 4.16. The van der Waals surface area contributed by atoms with E-state index in [1.807, 2.05) is 27.7 Å². The van der Waals surface area contributed by atoms with Crippen LogP contribution in [-0.4, -0.2) is 46.9 Å². The first kappa shape index (κ1) is 27.6. The summed E-state index contributed by atoms with van der Waals surface area (Å²) >= 11 is 0. The second-order valence-electron chi connectivity index (χ2n) is 10.7. The van der Waals surface area contributed by atoms with Gasteiger partial charge in [-0.1, -0.05) is 39.0 Å². The zero-order chi connectivity index (χ0) is 24.8. The summed E-state index contributed by atoms with van der Waals surface area (Å²) in [6.45, 7) is 12.6. The van der Waals surface area contributed by atoms with Gasteiger partial charge in [-0.2, -0.15) is 0 Å². The molecular formula is C27H45NO5. The molecule has 1 amide bonds. The molecule has 7 atom stereocenters. The van der Waals surface area contributed by atoms with Crippen LogP contribution in [0.25, 0.3) is 0 Å². The van der Waals surface area contributed by atoms with Gasteiger partial charge in [-0.25, -0.2) is 0 Å². The summed E-state index contributed by atoms with van der Waals surface area (Å²) in [4.78, 5) is 24.6. The minimum Gasteiger partial charge on any atom is -0.461 e. The van der Waals surface area contributed by atoms with Gasteiger partial charge >= 0.3 is 5.97 Å². The third kappa shape index (κ3) is 7.68. The topological polar surface area (TPSA) is 95.9 Å². The normalized spacial score (nSPS) is 29.0. The van der Waals surface area contributed by atoms with E-state index >= 15 is 0 Å². The number of aliphatic hydroxyl groups excluding tert-OH is 2. The number of carbonyl (C=O) groups excluding carboxylic acids is 2. The SMILES string of the molecule is CCNC(=O)C[C@H](O)C[C@H](O)CC[C@@H]1[C@@H]2C(=C[C@H](C)C[C@@H]2OC(=O)C(C)(C)CC)C=C[C@@H]1C. The van der Waals surface area contributed by atoms with Crippen LogP contribution < -0.4 is 5.32 Å². The lowest BCUT2D eigenvalue weighted by atomic mass is 9.65. The third-order valence-electron chi connectivity index (χ3n) is 7.46. The van der Waals surface area contributed by atoms with Crippen molar-refractivity contribution in [3.63, 3.8) is 0 Å². The van der Waals surface area contributed by atoms with Crippen LogP contribution in [0.2, 0.25) is 0 Å². The summed E-state index contributed by atoms with van der Waals surface area (Å²) in [7, 11) is 0. The molecule has 0 aliphatic heterocycles. The molecule has 0 aromatic heterocycles. The van der Waals surface area contributed by atoms with E-state index in [1.54, 1.807) is 0 Å². The van der Waals surface area contributed by atoms with Crippen LogP contribution >= 0.6 is 0 Å². The Balaban J connectivity index is 2.07. The number of fused-ring (bicyclic) bond motifs is 1. The summed E-state index contributed by atoms with van der Waals surface area (Å²) in [5.74, 6) is 0.657. The number of carbonyl (C=O) groups is 2. The number of ether oxygens (including phenoxy) is 1. The van der Waals surface area contributed by atoms with Crippen molar-refractivity contribution in [3.8, 4) is 0 Å². The molecule has 0 spiro atoms. The number of nitrogens with one attached hydrogen (secondary N) is 1. The molecule has 0 fully saturated rings. The standard InChI is InChI=1S/C27H45NO5/c1-7-27(5,6)26(32)33-23-14-17(3)13-19-10-9-18(4)22(25(19)23)12-11-20(29)15-21(30)16-24(31)28-8-2/h9-10,13,17-18,20-23,25,29-30H,7-8,11-12,14-16H2,1-6H3,(H,28,31)/t17-,18-,20+,21+,22-,23-,25-/m0/s1. The Hall–Kier alpha value is -1.66. The van der Waals surface area contributed by atoms with Crippen LogP contribution in [0.1, 0.15) is 80.1 Å². The molecule has 0 radical (unpaired) electrons. The second-order valence-corrected chi connectivity index (χ2v) is 10.7. The molecule has 0 saturated heterocycles. The fraction of sp³-hybridized carbons (Fsp3) is 0.778. The number of hydrogen-bond donors (Lipinski definition) is 3. The Kier molecular flexibility index (Phi) is 10.2. The molecule has 0 aromatic rings. The molecule has 0 unspecified atom stereocenters. The van der Waals surface area contributed by atoms with Gasteiger partial charge < -0.3 is 20.3 Å². The Morgan fingerprint density at radius 2 is 1.91 bits per heavy atom. The molecule has 188 valence electrons. The molecule has 0 bridgehead atoms. The zero-order valence-corrected chi connectivity index (χ0v) is 21.3. The van der Waals surface area contributed by atoms with Crippen molar-refractivity contribution < 1.29 is 24.5 Å². The van der Waals surface area contributed by atoms with Crippen LogP contribution in [0.15, 0.2) is 23.8 Å². The number of amides is 1. The average molecular weight is 464 g/mol. The lowest BCUT2D eigenvalue weighted by Crippen LogP contribution is -2.43. The summed E-state index contributed by atoms with van der Waals surface area (Å²) in [6, 6.07) is 0. The first-order valence-electron chi connectivity index (χ1n) is 12.7. The van der Waals surface area contributed by atoms with Gasteiger partial charge in [0.1, 0.15) is 6.10 Å². The van der Waals surface area contributed by atoms with E-state index in [9.17, 15) is 19.8 Å². The number of esters is 1. The summed E-state index contributed by atoms with van der Waals surface area (Å²) in [6.07, 6.45) is 8.02. The number of hydrogen-bond acceptors (Lipinski definition) is 5. The average Bonchev–Trinajstić information content (AvgIpc) is 2.72. The maximum absolute atomic E-state index is 12.9. The number of allylic oxidation sites excluding steroid dienone is 3. The smallest absolute Gasteiger partial charge is 0.311 e. The van der Waals surface area contributed by atoms with Gasteiger partial charge in [0.25, 0.3) is 0 Å². The highest BCUT2D eigenvalue weighted by molar-refractivity contribution is 5.76. The molecule has 0 aromatic carbocycles. The Bertz CT molecular complexity index is 728. The zero-order valence-electron chi connectivity index (χ0n) is 21.3. The fourth-order valence-electron chi connectivity index (χ4n) is 5.05. The molecule has 2 aliphatic rings. The summed E-state index contributed by atoms with van der Waals surface area (Å²) in [5.41, 5.74) is 0.724. The van der Waals surface area contributed by atoms with Gasteiger partial charge in [-0.05, 0) is 76.2 Å². The van der Waals surface area contributed by atoms with Crippen molar-refractivity contribution in [2.75, 3.05) is 6.54 Å². The van der Waals surface area contributed by atoms with Crippen LogP contribution in [-0.2, 0) is 14.3 Å². The van der Waals surface area contributed by atoms with Crippen LogP contribution in [0, 0.1) is 29.1 Å². The van der Waals surface area contributed by atoms with E-state index in [0.717, 1.165) is 19.3 Å². The van der Waals surface area contributed by atoms with Crippen molar-refractivity contribution in [3.05, 3.63) is 23.8 Å². The van der Waals surface area contributed by atoms with Crippen molar-refractivity contribution in [2.45, 2.75) is 98.4 Å². The van der Waals surface area contributed by atoms with Gasteiger partial charge in [-0.3, -0.25) is 9.59 Å². The molecule has 0 saturated carbocycles. The lowest BCUT2D eigenvalue weighted by molar-refractivity contribution is -0.164. The van der Waals surface area contributed by atoms with E-state index in [1.165, 1.54) is 5.57 Å². The van der Waals surface area contributed by atoms with E-state index in [4.69, 9.17) is 4.74 Å². The Labute approximate surface area is 199 Å². The summed E-state index contributed by atoms with van der Waals surface area (Å²) in [5, 5.41) is 23.4. The molecule has 6 heteroatoms. The minimum absolute atomic E-state index is 0.00606. The first-order valence-corrected chi connectivity index (χ1v) is 12.7. The number of aliphatic hydroxyl groups is 2. The molecule has 0 heterocycles. The highest BCUT2D eigenvalue weighted by atomic mass is 16.5. The van der Waals surface area contributed by atoms with Crippen molar-refractivity contribution >= 4 is 11.9 Å². The molecule has 2 aliphatic carbocycles. The van der Waals surface area contributed by atoms with E-state index in [-0.39, 0.29) is 42.7 Å². The lowest BCUT2D eigenvalue weighted by Gasteiger charge is -2.44. The first-order chi connectivity index (χ1) is 15.5. The molecule has 2 rings (SSSR count). The Morgan fingerprint density at radius 3 is 2.55 bits per heavy atom. The number of rotatable bonds is 11. The van der Waals surface area contributed by atoms with Gasteiger partial charge in [0.15, 0.2) is 0 Å². The molecule has 33 heavy (non-hydrogen) atoms. The predicted molar refractivity (Wildman–Crippen MR) is 130 cm³/mol. The van der Waals surface area contributed by atoms with Gasteiger partial charge in [0.05, 0.1) is 24.0 Å². The Morgan fingerprint density at radius 1 is 1.21 bits per heavy atom. The quantitative estimate of drug-likeness (QED) is 0.400. The van der Waals surface area contributed by atoms with Crippen LogP contribution in [0.4, 0.5) is 0 Å². The summed E-state index contributed by atoms with van der Waals surface area (Å²) < 4.78 is 6.14. The maximum atomic E-state index is 12.9. The van der Waals surface area contributed by atoms with Crippen molar-refractivity contribution in [1.82, 2.24) is 5.32 Å². The molecule has 6 nitrogen and oxygen atoms in total. The van der Waals surface area contributed by atoms with Gasteiger partial charge in [-0.15, -0.1) is 0 Å². The third-order valence-corrected chi connectivity index (χ3v) is 7.46. The fourth-order valence-corrected chi connectivity index (χ4v) is 5.05. The largest absolute Gasteiger partial charge is 0.461 e. The van der Waals surface area contributed by atoms with Gasteiger partial charge in [0, 0.05) is 12.5 Å². The van der Waals surface area contributed by atoms with E-state index in [2.05, 4.69) is 37.4 Å². The van der Waals surface area contributed by atoms with Crippen LogP contribution in [0.5, 0.6) is 0 Å². The maximum Gasteiger partial charge on any atom is 0.311 e. The van der Waals surface area contributed by atoms with Crippen molar-refractivity contribution in [1.29, 1.82) is 0 Å². The highest BCUT2D eigenvalue weighted by Crippen LogP contribution is 2.45. The van der Waals surface area contributed by atoms with E-state index < -0.39 is 17.6 Å². The van der Waals surface area contributed by atoms with E-state index in [0.29, 0.717) is 24.8 Å². The monoisotopic (exact) mass is 463 g/mol.